The summed E-state index contributed by atoms with van der Waals surface area (Å²) in [6, 6.07) is 10.0. The summed E-state index contributed by atoms with van der Waals surface area (Å²) < 4.78 is 0. The van der Waals surface area contributed by atoms with Gasteiger partial charge in [0.15, 0.2) is 0 Å². The van der Waals surface area contributed by atoms with Crippen LogP contribution in [0.15, 0.2) is 42.7 Å². The molecule has 0 aliphatic rings. The van der Waals surface area contributed by atoms with Gasteiger partial charge in [-0.25, -0.2) is 0 Å². The molecule has 0 fully saturated rings. The van der Waals surface area contributed by atoms with E-state index in [0.29, 0.717) is 0 Å². The Kier molecular flexibility index (Phi) is 4.45. The Labute approximate surface area is 108 Å². The number of pyridine rings is 1. The highest BCUT2D eigenvalue weighted by molar-refractivity contribution is 5.23. The van der Waals surface area contributed by atoms with Crippen LogP contribution in [0.5, 0.6) is 0 Å². The quantitative estimate of drug-likeness (QED) is 0.844. The van der Waals surface area contributed by atoms with E-state index >= 15 is 0 Å². The van der Waals surface area contributed by atoms with Crippen LogP contribution in [0.25, 0.3) is 0 Å². The molecule has 0 unspecified atom stereocenters. The van der Waals surface area contributed by atoms with Crippen molar-refractivity contribution in [2.24, 2.45) is 0 Å². The van der Waals surface area contributed by atoms with Crippen molar-refractivity contribution in [3.8, 4) is 0 Å². The molecular weight excluding hydrogens is 224 g/mol. The summed E-state index contributed by atoms with van der Waals surface area (Å²) in [5, 5.41) is 12.4. The highest BCUT2D eigenvalue weighted by Gasteiger charge is 1.98. The molecule has 0 bridgehead atoms. The molecule has 0 radical (unpaired) electrons. The van der Waals surface area contributed by atoms with Crippen LogP contribution in [0.3, 0.4) is 0 Å². The van der Waals surface area contributed by atoms with Crippen molar-refractivity contribution in [1.29, 1.82) is 0 Å². The summed E-state index contributed by atoms with van der Waals surface area (Å²) >= 11 is 0. The number of benzene rings is 1. The Balaban J connectivity index is 1.86. The van der Waals surface area contributed by atoms with Crippen LogP contribution in [-0.2, 0) is 19.7 Å². The van der Waals surface area contributed by atoms with Crippen LogP contribution < -0.4 is 5.32 Å². The second-order valence-corrected chi connectivity index (χ2v) is 4.38. The maximum absolute atomic E-state index is 8.96. The fourth-order valence-corrected chi connectivity index (χ4v) is 1.80. The van der Waals surface area contributed by atoms with Crippen LogP contribution in [0.4, 0.5) is 0 Å². The first-order chi connectivity index (χ1) is 8.79. The van der Waals surface area contributed by atoms with E-state index in [2.05, 4.69) is 17.2 Å². The van der Waals surface area contributed by atoms with Crippen molar-refractivity contribution in [2.45, 2.75) is 26.6 Å². The molecule has 2 N–H and O–H groups in total. The minimum atomic E-state index is 0.101. The van der Waals surface area contributed by atoms with E-state index in [9.17, 15) is 0 Å². The third-order valence-corrected chi connectivity index (χ3v) is 2.99. The number of hydrogen-bond donors (Lipinski definition) is 2. The smallest absolute Gasteiger partial charge is 0.0681 e. The molecule has 0 saturated heterocycles. The van der Waals surface area contributed by atoms with Crippen molar-refractivity contribution < 1.29 is 5.11 Å². The van der Waals surface area contributed by atoms with Crippen LogP contribution in [0, 0.1) is 6.92 Å². The third kappa shape index (κ3) is 3.39. The number of hydrogen-bond acceptors (Lipinski definition) is 3. The van der Waals surface area contributed by atoms with Gasteiger partial charge in [0.25, 0.3) is 0 Å². The van der Waals surface area contributed by atoms with E-state index in [4.69, 9.17) is 5.11 Å². The number of aliphatic hydroxyl groups excluding tert-OH is 1. The molecule has 1 aromatic heterocycles. The Morgan fingerprint density at radius 3 is 2.44 bits per heavy atom. The summed E-state index contributed by atoms with van der Waals surface area (Å²) in [4.78, 5) is 4.08. The largest absolute Gasteiger partial charge is 0.392 e. The van der Waals surface area contributed by atoms with Gasteiger partial charge in [-0.05, 0) is 35.2 Å². The van der Waals surface area contributed by atoms with Gasteiger partial charge in [-0.2, -0.15) is 0 Å². The fraction of sp³-hybridized carbons (Fsp3) is 0.267. The lowest BCUT2D eigenvalue weighted by atomic mass is 10.1. The van der Waals surface area contributed by atoms with Gasteiger partial charge in [-0.1, -0.05) is 24.3 Å². The molecular formula is C15H18N2O. The lowest BCUT2D eigenvalue weighted by Crippen LogP contribution is -2.13. The molecule has 18 heavy (non-hydrogen) atoms. The van der Waals surface area contributed by atoms with Gasteiger partial charge in [0, 0.05) is 25.5 Å². The van der Waals surface area contributed by atoms with Gasteiger partial charge < -0.3 is 10.4 Å². The van der Waals surface area contributed by atoms with E-state index in [1.54, 1.807) is 0 Å². The molecule has 0 atom stereocenters. The van der Waals surface area contributed by atoms with E-state index in [1.165, 1.54) is 16.7 Å². The zero-order valence-electron chi connectivity index (χ0n) is 10.6. The molecule has 3 nitrogen and oxygen atoms in total. The molecule has 0 saturated carbocycles. The molecule has 2 rings (SSSR count). The van der Waals surface area contributed by atoms with Crippen LogP contribution in [0.2, 0.25) is 0 Å². The zero-order valence-corrected chi connectivity index (χ0v) is 10.6. The Hall–Kier alpha value is -1.71. The zero-order chi connectivity index (χ0) is 12.8. The lowest BCUT2D eigenvalue weighted by Gasteiger charge is -2.07. The van der Waals surface area contributed by atoms with Crippen molar-refractivity contribution in [3.63, 3.8) is 0 Å². The van der Waals surface area contributed by atoms with Crippen LogP contribution in [0.1, 0.15) is 22.3 Å². The molecule has 0 aliphatic heterocycles. The van der Waals surface area contributed by atoms with E-state index < -0.39 is 0 Å². The number of nitrogens with one attached hydrogen (secondary N) is 1. The summed E-state index contributed by atoms with van der Waals surface area (Å²) in [6.07, 6.45) is 3.70. The molecule has 0 amide bonds. The van der Waals surface area contributed by atoms with E-state index in [0.717, 1.165) is 18.7 Å². The van der Waals surface area contributed by atoms with E-state index in [1.807, 2.05) is 42.7 Å². The SMILES string of the molecule is Cc1cnccc1CNCc1ccc(CO)cc1. The number of rotatable bonds is 5. The van der Waals surface area contributed by atoms with Crippen molar-refractivity contribution in [1.82, 2.24) is 10.3 Å². The molecule has 0 spiro atoms. The summed E-state index contributed by atoms with van der Waals surface area (Å²) in [6.45, 7) is 3.84. The summed E-state index contributed by atoms with van der Waals surface area (Å²) in [5.74, 6) is 0. The fourth-order valence-electron chi connectivity index (χ4n) is 1.80. The number of aryl methyl sites for hydroxylation is 1. The lowest BCUT2D eigenvalue weighted by molar-refractivity contribution is 0.282. The predicted octanol–water partition coefficient (Wildman–Crippen LogP) is 2.17. The Morgan fingerprint density at radius 2 is 1.78 bits per heavy atom. The van der Waals surface area contributed by atoms with Gasteiger partial charge in [0.05, 0.1) is 6.61 Å². The average molecular weight is 242 g/mol. The minimum Gasteiger partial charge on any atom is -0.392 e. The number of aromatic nitrogens is 1. The third-order valence-electron chi connectivity index (χ3n) is 2.99. The first-order valence-electron chi connectivity index (χ1n) is 6.08. The molecule has 2 aromatic rings. The van der Waals surface area contributed by atoms with Crippen LogP contribution >= 0.6 is 0 Å². The average Bonchev–Trinajstić information content (AvgIpc) is 2.42. The first-order valence-corrected chi connectivity index (χ1v) is 6.08. The molecule has 0 aliphatic carbocycles. The maximum atomic E-state index is 8.96. The van der Waals surface area contributed by atoms with Gasteiger partial charge in [-0.15, -0.1) is 0 Å². The highest BCUT2D eigenvalue weighted by atomic mass is 16.3. The highest BCUT2D eigenvalue weighted by Crippen LogP contribution is 2.06. The van der Waals surface area contributed by atoms with Gasteiger partial charge in [0.2, 0.25) is 0 Å². The van der Waals surface area contributed by atoms with Gasteiger partial charge in [0.1, 0.15) is 0 Å². The molecule has 1 heterocycles. The minimum absolute atomic E-state index is 0.101. The van der Waals surface area contributed by atoms with Crippen molar-refractivity contribution >= 4 is 0 Å². The van der Waals surface area contributed by atoms with Crippen molar-refractivity contribution in [2.75, 3.05) is 0 Å². The molecule has 3 heteroatoms. The van der Waals surface area contributed by atoms with Gasteiger partial charge in [-0.3, -0.25) is 4.98 Å². The second-order valence-electron chi connectivity index (χ2n) is 4.38. The normalized spacial score (nSPS) is 10.6. The molecule has 1 aromatic carbocycles. The standard InChI is InChI=1S/C15H18N2O/c1-12-8-16-7-6-15(12)10-17-9-13-2-4-14(11-18)5-3-13/h2-8,17-18H,9-11H2,1H3. The Morgan fingerprint density at radius 1 is 1.06 bits per heavy atom. The first kappa shape index (κ1) is 12.7. The number of aliphatic hydroxyl groups is 1. The maximum Gasteiger partial charge on any atom is 0.0681 e. The monoisotopic (exact) mass is 242 g/mol. The predicted molar refractivity (Wildman–Crippen MR) is 71.9 cm³/mol. The van der Waals surface area contributed by atoms with E-state index in [-0.39, 0.29) is 6.61 Å². The second kappa shape index (κ2) is 6.28. The van der Waals surface area contributed by atoms with Gasteiger partial charge >= 0.3 is 0 Å². The number of nitrogens with zero attached hydrogens (tertiary/aromatic N) is 1. The summed E-state index contributed by atoms with van der Waals surface area (Å²) in [7, 11) is 0. The molecule has 94 valence electrons. The van der Waals surface area contributed by atoms with Crippen molar-refractivity contribution in [3.05, 3.63) is 65.0 Å². The topological polar surface area (TPSA) is 45.2 Å². The summed E-state index contributed by atoms with van der Waals surface area (Å²) in [5.41, 5.74) is 4.65. The Bertz CT molecular complexity index is 494. The van der Waals surface area contributed by atoms with Crippen LogP contribution in [-0.4, -0.2) is 10.1 Å².